The highest BCUT2D eigenvalue weighted by Gasteiger charge is 2.27. The number of hydrogen-bond donors (Lipinski definition) is 1. The summed E-state index contributed by atoms with van der Waals surface area (Å²) in [5, 5.41) is 3.05. The molecule has 0 atom stereocenters. The quantitative estimate of drug-likeness (QED) is 0.893. The number of aryl methyl sites for hydroxylation is 1. The van der Waals surface area contributed by atoms with Gasteiger partial charge in [0.25, 0.3) is 0 Å². The van der Waals surface area contributed by atoms with Crippen LogP contribution in [-0.4, -0.2) is 19.9 Å². The van der Waals surface area contributed by atoms with E-state index in [2.05, 4.69) is 19.9 Å². The molecule has 2 N–H and O–H groups in total. The second-order valence-corrected chi connectivity index (χ2v) is 5.24. The molecule has 2 aromatic rings. The molecule has 0 saturated heterocycles. The average molecular weight is 247 g/mol. The number of nitrogen functional groups attached to an aromatic ring is 1. The van der Waals surface area contributed by atoms with E-state index in [1.807, 2.05) is 12.3 Å². The molecule has 0 aromatic carbocycles. The highest BCUT2D eigenvalue weighted by Crippen LogP contribution is 2.38. The highest BCUT2D eigenvalue weighted by molar-refractivity contribution is 7.09. The van der Waals surface area contributed by atoms with Crippen LogP contribution in [0.3, 0.4) is 0 Å². The number of nitrogens with two attached hydrogens (primary N) is 1. The lowest BCUT2D eigenvalue weighted by atomic mass is 10.3. The number of anilines is 1. The van der Waals surface area contributed by atoms with Gasteiger partial charge < -0.3 is 5.73 Å². The van der Waals surface area contributed by atoms with Crippen molar-refractivity contribution in [1.29, 1.82) is 0 Å². The first-order valence-electron chi connectivity index (χ1n) is 5.62. The van der Waals surface area contributed by atoms with Crippen LogP contribution in [0.25, 0.3) is 0 Å². The Kier molecular flexibility index (Phi) is 2.51. The Bertz CT molecular complexity index is 547. The van der Waals surface area contributed by atoms with E-state index in [4.69, 9.17) is 5.73 Å². The minimum absolute atomic E-state index is 0.324. The van der Waals surface area contributed by atoms with Crippen LogP contribution >= 0.6 is 11.3 Å². The molecule has 0 unspecified atom stereocenters. The van der Waals surface area contributed by atoms with Crippen LogP contribution in [0, 0.1) is 6.92 Å². The van der Waals surface area contributed by atoms with Crippen LogP contribution in [0.4, 0.5) is 5.95 Å². The number of thiazole rings is 1. The molecule has 1 saturated carbocycles. The minimum Gasteiger partial charge on any atom is -0.368 e. The summed E-state index contributed by atoms with van der Waals surface area (Å²) in [7, 11) is 0. The van der Waals surface area contributed by atoms with Crippen molar-refractivity contribution >= 4 is 17.3 Å². The third kappa shape index (κ3) is 2.41. The molecule has 2 aromatic heterocycles. The van der Waals surface area contributed by atoms with Crippen molar-refractivity contribution in [2.75, 3.05) is 5.73 Å². The first-order valence-corrected chi connectivity index (χ1v) is 6.50. The van der Waals surface area contributed by atoms with E-state index in [-0.39, 0.29) is 0 Å². The molecule has 1 aliphatic carbocycles. The van der Waals surface area contributed by atoms with Gasteiger partial charge >= 0.3 is 0 Å². The van der Waals surface area contributed by atoms with Gasteiger partial charge in [-0.1, -0.05) is 0 Å². The summed E-state index contributed by atoms with van der Waals surface area (Å²) >= 11 is 1.63. The van der Waals surface area contributed by atoms with E-state index < -0.39 is 0 Å². The van der Waals surface area contributed by atoms with E-state index in [0.29, 0.717) is 18.3 Å². The summed E-state index contributed by atoms with van der Waals surface area (Å²) in [6.07, 6.45) is 2.98. The van der Waals surface area contributed by atoms with Crippen LogP contribution in [0.15, 0.2) is 5.38 Å². The number of hydrogen-bond acceptors (Lipinski definition) is 6. The molecule has 3 rings (SSSR count). The molecule has 5 nitrogen and oxygen atoms in total. The second kappa shape index (κ2) is 4.03. The lowest BCUT2D eigenvalue weighted by Gasteiger charge is -2.02. The molecule has 0 bridgehead atoms. The van der Waals surface area contributed by atoms with Crippen molar-refractivity contribution in [1.82, 2.24) is 19.9 Å². The third-order valence-electron chi connectivity index (χ3n) is 2.63. The zero-order valence-electron chi connectivity index (χ0n) is 9.55. The normalized spacial score (nSPS) is 15.1. The van der Waals surface area contributed by atoms with Gasteiger partial charge in [-0.25, -0.2) is 9.97 Å². The van der Waals surface area contributed by atoms with E-state index in [9.17, 15) is 0 Å². The van der Waals surface area contributed by atoms with E-state index >= 15 is 0 Å². The van der Waals surface area contributed by atoms with Gasteiger partial charge in [0.1, 0.15) is 16.7 Å². The highest BCUT2D eigenvalue weighted by atomic mass is 32.1. The Balaban J connectivity index is 1.86. The lowest BCUT2D eigenvalue weighted by molar-refractivity contribution is 0.835. The van der Waals surface area contributed by atoms with Crippen molar-refractivity contribution in [3.8, 4) is 0 Å². The predicted octanol–water partition coefficient (Wildman–Crippen LogP) is 1.69. The molecule has 2 heterocycles. The van der Waals surface area contributed by atoms with Gasteiger partial charge in [-0.3, -0.25) is 0 Å². The summed E-state index contributed by atoms with van der Waals surface area (Å²) in [6.45, 7) is 1.98. The predicted molar refractivity (Wildman–Crippen MR) is 65.9 cm³/mol. The van der Waals surface area contributed by atoms with Crippen molar-refractivity contribution in [3.63, 3.8) is 0 Å². The van der Waals surface area contributed by atoms with Gasteiger partial charge in [-0.2, -0.15) is 9.97 Å². The molecule has 0 spiro atoms. The third-order valence-corrected chi connectivity index (χ3v) is 3.60. The Morgan fingerprint density at radius 1 is 1.29 bits per heavy atom. The smallest absolute Gasteiger partial charge is 0.223 e. The van der Waals surface area contributed by atoms with Crippen LogP contribution in [0.5, 0.6) is 0 Å². The molecule has 0 radical (unpaired) electrons. The summed E-state index contributed by atoms with van der Waals surface area (Å²) in [4.78, 5) is 17.2. The molecule has 6 heteroatoms. The minimum atomic E-state index is 0.324. The zero-order valence-corrected chi connectivity index (χ0v) is 10.4. The monoisotopic (exact) mass is 247 g/mol. The Morgan fingerprint density at radius 3 is 2.76 bits per heavy atom. The Hall–Kier alpha value is -1.56. The largest absolute Gasteiger partial charge is 0.368 e. The molecule has 1 aliphatic rings. The Labute approximate surface area is 103 Å². The zero-order chi connectivity index (χ0) is 11.8. The number of nitrogens with zero attached hydrogens (tertiary/aromatic N) is 4. The summed E-state index contributed by atoms with van der Waals surface area (Å²) in [5.74, 6) is 2.40. The Morgan fingerprint density at radius 2 is 2.12 bits per heavy atom. The maximum absolute atomic E-state index is 5.70. The lowest BCUT2D eigenvalue weighted by Crippen LogP contribution is -2.07. The second-order valence-electron chi connectivity index (χ2n) is 4.30. The molecular weight excluding hydrogens is 234 g/mol. The van der Waals surface area contributed by atoms with Crippen LogP contribution in [-0.2, 0) is 6.42 Å². The average Bonchev–Trinajstić information content (AvgIpc) is 3.03. The summed E-state index contributed by atoms with van der Waals surface area (Å²) in [5.41, 5.74) is 6.74. The van der Waals surface area contributed by atoms with Crippen LogP contribution in [0.1, 0.15) is 41.1 Å². The molecule has 17 heavy (non-hydrogen) atoms. The summed E-state index contributed by atoms with van der Waals surface area (Å²) in [6, 6.07) is 0. The van der Waals surface area contributed by atoms with Gasteiger partial charge in [0.2, 0.25) is 5.95 Å². The molecule has 0 amide bonds. The SMILES string of the molecule is Cc1csc(Cc2nc(N)nc(C3CC3)n2)n1. The fourth-order valence-corrected chi connectivity index (χ4v) is 2.45. The van der Waals surface area contributed by atoms with Crippen LogP contribution in [0.2, 0.25) is 0 Å². The molecular formula is C11H13N5S. The van der Waals surface area contributed by atoms with E-state index in [1.54, 1.807) is 11.3 Å². The van der Waals surface area contributed by atoms with Crippen molar-refractivity contribution < 1.29 is 0 Å². The fraction of sp³-hybridized carbons (Fsp3) is 0.455. The number of rotatable bonds is 3. The maximum atomic E-state index is 5.70. The van der Waals surface area contributed by atoms with E-state index in [1.165, 1.54) is 12.8 Å². The van der Waals surface area contributed by atoms with Gasteiger partial charge in [0.15, 0.2) is 0 Å². The number of aromatic nitrogens is 4. The molecule has 1 fully saturated rings. The first kappa shape index (κ1) is 10.6. The van der Waals surface area contributed by atoms with Gasteiger partial charge in [-0.15, -0.1) is 11.3 Å². The van der Waals surface area contributed by atoms with Gasteiger partial charge in [0.05, 0.1) is 6.42 Å². The topological polar surface area (TPSA) is 77.6 Å². The van der Waals surface area contributed by atoms with Gasteiger partial charge in [0, 0.05) is 17.0 Å². The van der Waals surface area contributed by atoms with Crippen molar-refractivity contribution in [3.05, 3.63) is 27.7 Å². The fourth-order valence-electron chi connectivity index (χ4n) is 1.68. The molecule has 0 aliphatic heterocycles. The van der Waals surface area contributed by atoms with Crippen LogP contribution < -0.4 is 5.73 Å². The molecule has 88 valence electrons. The maximum Gasteiger partial charge on any atom is 0.223 e. The van der Waals surface area contributed by atoms with E-state index in [0.717, 1.165) is 22.4 Å². The van der Waals surface area contributed by atoms with Crippen molar-refractivity contribution in [2.45, 2.75) is 32.1 Å². The standard InChI is InChI=1S/C11H13N5S/c1-6-5-17-9(13-6)4-8-14-10(7-2-3-7)16-11(12)15-8/h5,7H,2-4H2,1H3,(H2,12,14,15,16). The van der Waals surface area contributed by atoms with Crippen molar-refractivity contribution in [2.24, 2.45) is 0 Å². The summed E-state index contributed by atoms with van der Waals surface area (Å²) < 4.78 is 0. The van der Waals surface area contributed by atoms with Gasteiger partial charge in [-0.05, 0) is 19.8 Å². The first-order chi connectivity index (χ1) is 8.20.